The lowest BCUT2D eigenvalue weighted by Crippen LogP contribution is -2.44. The highest BCUT2D eigenvalue weighted by Gasteiger charge is 2.22. The van der Waals surface area contributed by atoms with E-state index in [0.29, 0.717) is 26.2 Å². The molecule has 1 unspecified atom stereocenters. The van der Waals surface area contributed by atoms with Gasteiger partial charge < -0.3 is 4.74 Å². The number of carbonyl (C=O) groups excluding carboxylic acids is 1. The number of hydrogen-bond donors (Lipinski definition) is 0. The van der Waals surface area contributed by atoms with Crippen molar-refractivity contribution < 1.29 is 9.53 Å². The van der Waals surface area contributed by atoms with E-state index in [2.05, 4.69) is 6.07 Å². The first-order valence-corrected chi connectivity index (χ1v) is 7.36. The third-order valence-corrected chi connectivity index (χ3v) is 3.82. The van der Waals surface area contributed by atoms with Crippen LogP contribution in [0.4, 0.5) is 0 Å². The minimum atomic E-state index is -0.416. The fraction of sp³-hybridized carbons (Fsp3) is 0.429. The van der Waals surface area contributed by atoms with Crippen molar-refractivity contribution in [1.82, 2.24) is 4.90 Å². The molecular formula is C14H16N2O2S. The zero-order valence-corrected chi connectivity index (χ0v) is 11.7. The average Bonchev–Trinajstić information content (AvgIpc) is 2.47. The van der Waals surface area contributed by atoms with Gasteiger partial charge in [-0.25, -0.2) is 0 Å². The number of thioether (sulfide) groups is 1. The van der Waals surface area contributed by atoms with Gasteiger partial charge in [0.25, 0.3) is 0 Å². The number of ether oxygens (including phenoxy) is 1. The zero-order valence-electron chi connectivity index (χ0n) is 10.8. The van der Waals surface area contributed by atoms with Gasteiger partial charge in [0, 0.05) is 23.5 Å². The van der Waals surface area contributed by atoms with Crippen molar-refractivity contribution in [2.24, 2.45) is 0 Å². The number of ketones is 1. The van der Waals surface area contributed by atoms with Gasteiger partial charge in [-0.3, -0.25) is 9.69 Å². The number of nitrogens with zero attached hydrogens (tertiary/aromatic N) is 2. The number of rotatable bonds is 4. The van der Waals surface area contributed by atoms with Crippen molar-refractivity contribution in [2.45, 2.75) is 11.0 Å². The van der Waals surface area contributed by atoms with E-state index in [9.17, 15) is 4.79 Å². The Labute approximate surface area is 117 Å². The molecular weight excluding hydrogens is 260 g/mol. The van der Waals surface area contributed by atoms with E-state index in [1.54, 1.807) is 11.8 Å². The van der Waals surface area contributed by atoms with Gasteiger partial charge in [0.05, 0.1) is 19.2 Å². The molecule has 0 spiro atoms. The fourth-order valence-electron chi connectivity index (χ4n) is 2.00. The second-order valence-corrected chi connectivity index (χ2v) is 5.25. The van der Waals surface area contributed by atoms with E-state index in [0.717, 1.165) is 10.5 Å². The molecule has 0 radical (unpaired) electrons. The van der Waals surface area contributed by atoms with Gasteiger partial charge in [-0.2, -0.15) is 5.26 Å². The van der Waals surface area contributed by atoms with Crippen LogP contribution >= 0.6 is 11.8 Å². The van der Waals surface area contributed by atoms with Crippen molar-refractivity contribution in [3.63, 3.8) is 0 Å². The molecule has 1 aromatic carbocycles. The molecule has 0 saturated carbocycles. The third-order valence-electron chi connectivity index (χ3n) is 3.07. The maximum absolute atomic E-state index is 12.1. The molecule has 5 heteroatoms. The van der Waals surface area contributed by atoms with Crippen molar-refractivity contribution in [1.29, 1.82) is 5.26 Å². The van der Waals surface area contributed by atoms with Crippen LogP contribution in [-0.4, -0.2) is 49.3 Å². The molecule has 2 rings (SSSR count). The van der Waals surface area contributed by atoms with Gasteiger partial charge in [0.15, 0.2) is 11.9 Å². The molecule has 1 heterocycles. The lowest BCUT2D eigenvalue weighted by Gasteiger charge is -2.28. The zero-order chi connectivity index (χ0) is 13.7. The van der Waals surface area contributed by atoms with Crippen molar-refractivity contribution in [2.75, 3.05) is 32.5 Å². The van der Waals surface area contributed by atoms with Crippen molar-refractivity contribution >= 4 is 17.5 Å². The molecule has 1 saturated heterocycles. The lowest BCUT2D eigenvalue weighted by atomic mass is 10.1. The summed E-state index contributed by atoms with van der Waals surface area (Å²) < 4.78 is 5.26. The molecule has 0 aromatic heterocycles. The molecule has 19 heavy (non-hydrogen) atoms. The van der Waals surface area contributed by atoms with Crippen LogP contribution in [0.3, 0.4) is 0 Å². The highest BCUT2D eigenvalue weighted by molar-refractivity contribution is 7.98. The summed E-state index contributed by atoms with van der Waals surface area (Å²) in [6.45, 7) is 2.06. The number of nitriles is 1. The third kappa shape index (κ3) is 3.80. The summed E-state index contributed by atoms with van der Waals surface area (Å²) in [5.41, 5.74) is 0.720. The van der Waals surface area contributed by atoms with Crippen LogP contribution in [0.25, 0.3) is 0 Å². The van der Waals surface area contributed by atoms with E-state index in [4.69, 9.17) is 10.00 Å². The standard InChI is InChI=1S/C14H16N2O2S/c1-19-13-4-2-11(3-5-13)14(17)10-16-6-7-18-12(8-15)9-16/h2-5,12H,6-7,9-10H2,1H3. The number of morpholine rings is 1. The predicted molar refractivity (Wildman–Crippen MR) is 74.3 cm³/mol. The number of Topliss-reactive ketones (excluding diaryl/α,β-unsaturated/α-hetero) is 1. The highest BCUT2D eigenvalue weighted by atomic mass is 32.2. The van der Waals surface area contributed by atoms with Gasteiger partial charge in [-0.15, -0.1) is 11.8 Å². The quantitative estimate of drug-likeness (QED) is 0.620. The van der Waals surface area contributed by atoms with Crippen molar-refractivity contribution in [3.8, 4) is 6.07 Å². The molecule has 0 N–H and O–H groups in total. The topological polar surface area (TPSA) is 53.3 Å². The molecule has 1 aromatic rings. The first-order valence-electron chi connectivity index (χ1n) is 6.14. The van der Waals surface area contributed by atoms with Crippen LogP contribution in [0.5, 0.6) is 0 Å². The molecule has 0 aliphatic carbocycles. The SMILES string of the molecule is CSc1ccc(C(=O)CN2CCOC(C#N)C2)cc1. The minimum absolute atomic E-state index is 0.0891. The molecule has 1 aliphatic rings. The molecule has 0 amide bonds. The summed E-state index contributed by atoms with van der Waals surface area (Å²) in [5.74, 6) is 0.0891. The second-order valence-electron chi connectivity index (χ2n) is 4.38. The van der Waals surface area contributed by atoms with Gasteiger partial charge in [0.1, 0.15) is 0 Å². The van der Waals surface area contributed by atoms with Gasteiger partial charge in [-0.1, -0.05) is 12.1 Å². The molecule has 4 nitrogen and oxygen atoms in total. The summed E-state index contributed by atoms with van der Waals surface area (Å²) in [6.07, 6.45) is 1.59. The summed E-state index contributed by atoms with van der Waals surface area (Å²) in [4.78, 5) is 15.3. The summed E-state index contributed by atoms with van der Waals surface area (Å²) in [5, 5.41) is 8.83. The van der Waals surface area contributed by atoms with Crippen LogP contribution in [0.2, 0.25) is 0 Å². The fourth-order valence-corrected chi connectivity index (χ4v) is 2.40. The normalized spacial score (nSPS) is 19.9. The second kappa shape index (κ2) is 6.71. The Morgan fingerprint density at radius 2 is 2.26 bits per heavy atom. The molecule has 1 fully saturated rings. The largest absolute Gasteiger partial charge is 0.361 e. The van der Waals surface area contributed by atoms with Crippen LogP contribution in [0, 0.1) is 11.3 Å². The van der Waals surface area contributed by atoms with Crippen LogP contribution in [-0.2, 0) is 4.74 Å². The Bertz CT molecular complexity index is 481. The average molecular weight is 276 g/mol. The Balaban J connectivity index is 1.94. The van der Waals surface area contributed by atoms with E-state index in [1.807, 2.05) is 35.4 Å². The van der Waals surface area contributed by atoms with Crippen LogP contribution in [0.1, 0.15) is 10.4 Å². The van der Waals surface area contributed by atoms with Crippen LogP contribution in [0.15, 0.2) is 29.2 Å². The number of benzene rings is 1. The highest BCUT2D eigenvalue weighted by Crippen LogP contribution is 2.15. The van der Waals surface area contributed by atoms with Gasteiger partial charge in [-0.05, 0) is 18.4 Å². The lowest BCUT2D eigenvalue weighted by molar-refractivity contribution is 0.00241. The summed E-state index contributed by atoms with van der Waals surface area (Å²) in [6, 6.07) is 9.71. The summed E-state index contributed by atoms with van der Waals surface area (Å²) in [7, 11) is 0. The van der Waals surface area contributed by atoms with Gasteiger partial charge >= 0.3 is 0 Å². The summed E-state index contributed by atoms with van der Waals surface area (Å²) >= 11 is 1.65. The Hall–Kier alpha value is -1.35. The molecule has 1 aliphatic heterocycles. The Kier molecular flexibility index (Phi) is 4.97. The molecule has 1 atom stereocenters. The minimum Gasteiger partial charge on any atom is -0.361 e. The first kappa shape index (κ1) is 14.1. The van der Waals surface area contributed by atoms with Crippen molar-refractivity contribution in [3.05, 3.63) is 29.8 Å². The van der Waals surface area contributed by atoms with E-state index >= 15 is 0 Å². The Morgan fingerprint density at radius 3 is 2.89 bits per heavy atom. The Morgan fingerprint density at radius 1 is 1.53 bits per heavy atom. The van der Waals surface area contributed by atoms with E-state index < -0.39 is 6.10 Å². The molecule has 0 bridgehead atoms. The van der Waals surface area contributed by atoms with E-state index in [-0.39, 0.29) is 5.78 Å². The maximum atomic E-state index is 12.1. The number of carbonyl (C=O) groups is 1. The predicted octanol–water partition coefficient (Wildman–Crippen LogP) is 1.82. The number of hydrogen-bond acceptors (Lipinski definition) is 5. The van der Waals surface area contributed by atoms with Gasteiger partial charge in [0.2, 0.25) is 0 Å². The van der Waals surface area contributed by atoms with Crippen LogP contribution < -0.4 is 0 Å². The smallest absolute Gasteiger partial charge is 0.176 e. The first-order chi connectivity index (χ1) is 9.22. The maximum Gasteiger partial charge on any atom is 0.176 e. The monoisotopic (exact) mass is 276 g/mol. The molecule has 100 valence electrons. The van der Waals surface area contributed by atoms with E-state index in [1.165, 1.54) is 0 Å².